The van der Waals surface area contributed by atoms with Crippen molar-refractivity contribution in [3.05, 3.63) is 12.7 Å². The molecule has 3 unspecified atom stereocenters. The van der Waals surface area contributed by atoms with Gasteiger partial charge in [0, 0.05) is 6.04 Å². The molecule has 2 nitrogen and oxygen atoms in total. The number of unbranched alkanes of at least 4 members (excludes halogenated alkanes) is 1. The van der Waals surface area contributed by atoms with E-state index in [4.69, 9.17) is 5.84 Å². The molecule has 15 heavy (non-hydrogen) atoms. The van der Waals surface area contributed by atoms with E-state index in [2.05, 4.69) is 18.9 Å². The fourth-order valence-corrected chi connectivity index (χ4v) is 2.78. The Kier molecular flexibility index (Phi) is 5.96. The monoisotopic (exact) mass is 210 g/mol. The van der Waals surface area contributed by atoms with Crippen LogP contribution in [0.4, 0.5) is 0 Å². The molecule has 0 bridgehead atoms. The van der Waals surface area contributed by atoms with Gasteiger partial charge in [0.1, 0.15) is 0 Å². The van der Waals surface area contributed by atoms with Gasteiger partial charge in [0.05, 0.1) is 0 Å². The maximum Gasteiger partial charge on any atom is 0.0239 e. The summed E-state index contributed by atoms with van der Waals surface area (Å²) in [4.78, 5) is 0. The van der Waals surface area contributed by atoms with Crippen LogP contribution in [0.3, 0.4) is 0 Å². The lowest BCUT2D eigenvalue weighted by Gasteiger charge is -2.33. The molecule has 1 rings (SSSR count). The summed E-state index contributed by atoms with van der Waals surface area (Å²) >= 11 is 0. The van der Waals surface area contributed by atoms with Crippen LogP contribution in [0.1, 0.15) is 51.9 Å². The van der Waals surface area contributed by atoms with Gasteiger partial charge in [-0.2, -0.15) is 0 Å². The molecule has 1 fully saturated rings. The van der Waals surface area contributed by atoms with Crippen LogP contribution in [-0.4, -0.2) is 6.04 Å². The van der Waals surface area contributed by atoms with Gasteiger partial charge >= 0.3 is 0 Å². The number of nitrogens with one attached hydrogen (secondary N) is 1. The first kappa shape index (κ1) is 12.7. The van der Waals surface area contributed by atoms with E-state index in [1.54, 1.807) is 0 Å². The van der Waals surface area contributed by atoms with Gasteiger partial charge in [0.15, 0.2) is 0 Å². The highest BCUT2D eigenvalue weighted by Crippen LogP contribution is 2.31. The van der Waals surface area contributed by atoms with E-state index < -0.39 is 0 Å². The predicted octanol–water partition coefficient (Wildman–Crippen LogP) is 3.00. The SMILES string of the molecule is C=CCCCC(NN)C1CCCC(C)C1. The minimum atomic E-state index is 0.521. The van der Waals surface area contributed by atoms with Crippen LogP contribution >= 0.6 is 0 Å². The molecule has 0 aromatic rings. The molecule has 0 aliphatic heterocycles. The lowest BCUT2D eigenvalue weighted by molar-refractivity contribution is 0.214. The molecular formula is C13H26N2. The van der Waals surface area contributed by atoms with E-state index >= 15 is 0 Å². The van der Waals surface area contributed by atoms with Gasteiger partial charge in [-0.05, 0) is 43.9 Å². The van der Waals surface area contributed by atoms with E-state index in [0.717, 1.165) is 18.3 Å². The standard InChI is InChI=1S/C13H26N2/c1-3-4-5-9-13(15-14)12-8-6-7-11(2)10-12/h3,11-13,15H,1,4-10,14H2,2H3. The van der Waals surface area contributed by atoms with Crippen LogP contribution in [0.2, 0.25) is 0 Å². The predicted molar refractivity (Wildman–Crippen MR) is 66.3 cm³/mol. The number of hydrogen-bond donors (Lipinski definition) is 2. The van der Waals surface area contributed by atoms with Crippen LogP contribution in [-0.2, 0) is 0 Å². The quantitative estimate of drug-likeness (QED) is 0.306. The molecule has 0 saturated heterocycles. The zero-order chi connectivity index (χ0) is 11.1. The Morgan fingerprint density at radius 2 is 2.33 bits per heavy atom. The average molecular weight is 210 g/mol. The van der Waals surface area contributed by atoms with E-state index in [1.807, 2.05) is 6.08 Å². The van der Waals surface area contributed by atoms with Crippen molar-refractivity contribution in [1.82, 2.24) is 5.43 Å². The van der Waals surface area contributed by atoms with Gasteiger partial charge < -0.3 is 0 Å². The van der Waals surface area contributed by atoms with Crippen molar-refractivity contribution in [2.45, 2.75) is 57.9 Å². The van der Waals surface area contributed by atoms with E-state index in [0.29, 0.717) is 6.04 Å². The van der Waals surface area contributed by atoms with Gasteiger partial charge in [-0.3, -0.25) is 11.3 Å². The summed E-state index contributed by atoms with van der Waals surface area (Å²) in [6, 6.07) is 0.521. The molecule has 3 N–H and O–H groups in total. The molecule has 0 aromatic heterocycles. The summed E-state index contributed by atoms with van der Waals surface area (Å²) < 4.78 is 0. The topological polar surface area (TPSA) is 38.0 Å². The molecule has 2 heteroatoms. The van der Waals surface area contributed by atoms with Gasteiger partial charge in [-0.25, -0.2) is 0 Å². The fraction of sp³-hybridized carbons (Fsp3) is 0.846. The molecule has 1 saturated carbocycles. The molecule has 0 heterocycles. The number of hydrogen-bond acceptors (Lipinski definition) is 2. The summed E-state index contributed by atoms with van der Waals surface area (Å²) in [7, 11) is 0. The van der Waals surface area contributed by atoms with E-state index in [9.17, 15) is 0 Å². The van der Waals surface area contributed by atoms with Crippen LogP contribution < -0.4 is 11.3 Å². The molecule has 0 radical (unpaired) electrons. The fourth-order valence-electron chi connectivity index (χ4n) is 2.78. The molecule has 1 aliphatic rings. The normalized spacial score (nSPS) is 28.7. The third kappa shape index (κ3) is 4.35. The zero-order valence-corrected chi connectivity index (χ0v) is 10.0. The third-order valence-corrected chi connectivity index (χ3v) is 3.68. The first-order chi connectivity index (χ1) is 7.27. The third-order valence-electron chi connectivity index (χ3n) is 3.68. The summed E-state index contributed by atoms with van der Waals surface area (Å²) in [5, 5.41) is 0. The minimum Gasteiger partial charge on any atom is -0.271 e. The Bertz CT molecular complexity index is 179. The van der Waals surface area contributed by atoms with Crippen molar-refractivity contribution >= 4 is 0 Å². The second-order valence-corrected chi connectivity index (χ2v) is 5.02. The highest BCUT2D eigenvalue weighted by atomic mass is 15.2. The molecule has 88 valence electrons. The largest absolute Gasteiger partial charge is 0.271 e. The second kappa shape index (κ2) is 7.02. The molecule has 3 atom stereocenters. The zero-order valence-electron chi connectivity index (χ0n) is 10.0. The highest BCUT2D eigenvalue weighted by molar-refractivity contribution is 4.81. The van der Waals surface area contributed by atoms with E-state index in [-0.39, 0.29) is 0 Å². The van der Waals surface area contributed by atoms with Crippen molar-refractivity contribution < 1.29 is 0 Å². The smallest absolute Gasteiger partial charge is 0.0239 e. The highest BCUT2D eigenvalue weighted by Gasteiger charge is 2.25. The Morgan fingerprint density at radius 3 is 2.93 bits per heavy atom. The number of nitrogens with two attached hydrogens (primary N) is 1. The maximum atomic E-state index is 5.66. The summed E-state index contributed by atoms with van der Waals surface area (Å²) in [6.45, 7) is 6.12. The van der Waals surface area contributed by atoms with E-state index in [1.165, 1.54) is 38.5 Å². The Morgan fingerprint density at radius 1 is 1.53 bits per heavy atom. The van der Waals surface area contributed by atoms with Crippen LogP contribution in [0.25, 0.3) is 0 Å². The summed E-state index contributed by atoms with van der Waals surface area (Å²) in [6.07, 6.45) is 11.0. The van der Waals surface area contributed by atoms with Crippen LogP contribution in [0, 0.1) is 11.8 Å². The first-order valence-corrected chi connectivity index (χ1v) is 6.35. The van der Waals surface area contributed by atoms with Crippen molar-refractivity contribution in [3.8, 4) is 0 Å². The van der Waals surface area contributed by atoms with Gasteiger partial charge in [-0.1, -0.05) is 25.8 Å². The van der Waals surface area contributed by atoms with Crippen molar-refractivity contribution in [1.29, 1.82) is 0 Å². The molecule has 0 aromatic carbocycles. The first-order valence-electron chi connectivity index (χ1n) is 6.35. The summed E-state index contributed by atoms with van der Waals surface area (Å²) in [5.74, 6) is 7.34. The Balaban J connectivity index is 2.32. The number of hydrazine groups is 1. The van der Waals surface area contributed by atoms with Crippen molar-refractivity contribution in [3.63, 3.8) is 0 Å². The Hall–Kier alpha value is -0.340. The Labute approximate surface area is 94.3 Å². The van der Waals surface area contributed by atoms with Crippen LogP contribution in [0.15, 0.2) is 12.7 Å². The summed E-state index contributed by atoms with van der Waals surface area (Å²) in [5.41, 5.74) is 3.02. The minimum absolute atomic E-state index is 0.521. The second-order valence-electron chi connectivity index (χ2n) is 5.02. The molecule has 1 aliphatic carbocycles. The lowest BCUT2D eigenvalue weighted by atomic mass is 9.77. The number of rotatable bonds is 6. The maximum absolute atomic E-state index is 5.66. The van der Waals surface area contributed by atoms with Crippen LogP contribution in [0.5, 0.6) is 0 Å². The van der Waals surface area contributed by atoms with Gasteiger partial charge in [0.25, 0.3) is 0 Å². The lowest BCUT2D eigenvalue weighted by Crippen LogP contribution is -2.42. The number of allylic oxidation sites excluding steroid dienone is 1. The van der Waals surface area contributed by atoms with Crippen molar-refractivity contribution in [2.75, 3.05) is 0 Å². The van der Waals surface area contributed by atoms with Gasteiger partial charge in [-0.15, -0.1) is 6.58 Å². The van der Waals surface area contributed by atoms with Gasteiger partial charge in [0.2, 0.25) is 0 Å². The molecule has 0 spiro atoms. The molecule has 0 amide bonds. The molecular weight excluding hydrogens is 184 g/mol. The van der Waals surface area contributed by atoms with Crippen molar-refractivity contribution in [2.24, 2.45) is 17.7 Å². The average Bonchev–Trinajstić information content (AvgIpc) is 2.24.